The van der Waals surface area contributed by atoms with E-state index >= 15 is 0 Å². The van der Waals surface area contributed by atoms with Gasteiger partial charge in [0.1, 0.15) is 4.90 Å². The first-order chi connectivity index (χ1) is 9.53. The Bertz CT molecular complexity index is 675. The van der Waals surface area contributed by atoms with Crippen molar-refractivity contribution in [3.05, 3.63) is 29.0 Å². The highest BCUT2D eigenvalue weighted by Crippen LogP contribution is 2.21. The van der Waals surface area contributed by atoms with Crippen LogP contribution < -0.4 is 16.0 Å². The van der Waals surface area contributed by atoms with Crippen molar-refractivity contribution in [3.8, 4) is 0 Å². The van der Waals surface area contributed by atoms with Gasteiger partial charge in [-0.2, -0.15) is 4.98 Å². The van der Waals surface area contributed by atoms with Crippen molar-refractivity contribution < 1.29 is 12.9 Å². The molecule has 9 nitrogen and oxygen atoms in total. The van der Waals surface area contributed by atoms with Crippen LogP contribution in [0.3, 0.4) is 0 Å². The highest BCUT2D eigenvalue weighted by molar-refractivity contribution is 9.10. The summed E-state index contributed by atoms with van der Waals surface area (Å²) in [5.74, 6) is 5.65. The van der Waals surface area contributed by atoms with Gasteiger partial charge in [0.05, 0.1) is 0 Å². The number of pyridine rings is 1. The largest absolute Gasteiger partial charge is 0.340 e. The van der Waals surface area contributed by atoms with Crippen LogP contribution in [0.5, 0.6) is 0 Å². The van der Waals surface area contributed by atoms with Crippen LogP contribution in [0.25, 0.3) is 0 Å². The molecule has 0 amide bonds. The lowest BCUT2D eigenvalue weighted by Crippen LogP contribution is -2.27. The molecule has 2 heterocycles. The number of rotatable bonds is 6. The maximum Gasteiger partial charge on any atom is 0.244 e. The van der Waals surface area contributed by atoms with Gasteiger partial charge in [0, 0.05) is 23.6 Å². The second kappa shape index (κ2) is 6.26. The molecule has 0 spiro atoms. The quantitative estimate of drug-likeness (QED) is 0.483. The minimum Gasteiger partial charge on any atom is -0.340 e. The molecule has 2 aromatic heterocycles. The number of halogens is 1. The summed E-state index contributed by atoms with van der Waals surface area (Å²) in [7, 11) is -3.75. The number of sulfonamides is 1. The highest BCUT2D eigenvalue weighted by atomic mass is 79.9. The molecule has 108 valence electrons. The topological polar surface area (TPSA) is 136 Å². The smallest absolute Gasteiger partial charge is 0.244 e. The van der Waals surface area contributed by atoms with Crippen molar-refractivity contribution in [2.75, 3.05) is 12.0 Å². The monoisotopic (exact) mass is 362 g/mol. The fourth-order valence-corrected chi connectivity index (χ4v) is 3.07. The zero-order chi connectivity index (χ0) is 14.6. The van der Waals surface area contributed by atoms with Gasteiger partial charge >= 0.3 is 0 Å². The first-order valence-corrected chi connectivity index (χ1v) is 7.68. The van der Waals surface area contributed by atoms with Gasteiger partial charge in [0.25, 0.3) is 0 Å². The molecule has 0 saturated heterocycles. The first kappa shape index (κ1) is 14.8. The normalized spacial score (nSPS) is 11.5. The summed E-state index contributed by atoms with van der Waals surface area (Å²) in [6, 6.07) is 1.40. The van der Waals surface area contributed by atoms with E-state index < -0.39 is 10.0 Å². The molecule has 0 unspecified atom stereocenters. The molecule has 11 heteroatoms. The Kier molecular flexibility index (Phi) is 4.65. The van der Waals surface area contributed by atoms with Crippen molar-refractivity contribution in [1.29, 1.82) is 0 Å². The number of nitrogens with two attached hydrogens (primary N) is 1. The summed E-state index contributed by atoms with van der Waals surface area (Å²) in [6.07, 6.45) is 2.97. The van der Waals surface area contributed by atoms with Crippen molar-refractivity contribution >= 4 is 31.8 Å². The SMILES string of the molecule is NNc1ncc(Br)cc1S(=O)(=O)NCCc1ncno1. The lowest BCUT2D eigenvalue weighted by Gasteiger charge is -2.10. The van der Waals surface area contributed by atoms with Crippen LogP contribution in [0.1, 0.15) is 5.89 Å². The minimum absolute atomic E-state index is 0.0542. The Balaban J connectivity index is 2.11. The third-order valence-corrected chi connectivity index (χ3v) is 4.19. The molecule has 0 aromatic carbocycles. The highest BCUT2D eigenvalue weighted by Gasteiger charge is 2.19. The predicted molar refractivity (Wildman–Crippen MR) is 72.9 cm³/mol. The van der Waals surface area contributed by atoms with Gasteiger partial charge < -0.3 is 9.95 Å². The van der Waals surface area contributed by atoms with Crippen molar-refractivity contribution in [2.45, 2.75) is 11.3 Å². The summed E-state index contributed by atoms with van der Waals surface area (Å²) in [6.45, 7) is 0.112. The molecule has 0 aliphatic carbocycles. The second-order valence-electron chi connectivity index (χ2n) is 3.63. The molecule has 2 rings (SSSR count). The summed E-state index contributed by atoms with van der Waals surface area (Å²) in [5, 5.41) is 3.43. The van der Waals surface area contributed by atoms with E-state index in [0.717, 1.165) is 0 Å². The van der Waals surface area contributed by atoms with Crippen molar-refractivity contribution in [1.82, 2.24) is 19.8 Å². The van der Waals surface area contributed by atoms with Gasteiger partial charge in [-0.05, 0) is 22.0 Å². The number of anilines is 1. The molecular weight excluding hydrogens is 352 g/mol. The van der Waals surface area contributed by atoms with Crippen LogP contribution in [0.2, 0.25) is 0 Å². The van der Waals surface area contributed by atoms with Crippen LogP contribution in [0.4, 0.5) is 5.82 Å². The van der Waals surface area contributed by atoms with Crippen LogP contribution in [-0.4, -0.2) is 30.1 Å². The molecule has 0 fully saturated rings. The fourth-order valence-electron chi connectivity index (χ4n) is 1.41. The van der Waals surface area contributed by atoms with Crippen LogP contribution >= 0.6 is 15.9 Å². The standard InChI is InChI=1S/C9H11BrN6O3S/c10-6-3-7(9(16-11)12-4-6)20(17,18)15-2-1-8-13-5-14-19-8/h3-5,15H,1-2,11H2,(H,12,16). The van der Waals surface area contributed by atoms with E-state index in [1.165, 1.54) is 18.6 Å². The summed E-state index contributed by atoms with van der Waals surface area (Å²) >= 11 is 3.16. The Hall–Kier alpha value is -1.56. The fraction of sp³-hybridized carbons (Fsp3) is 0.222. The summed E-state index contributed by atoms with van der Waals surface area (Å²) in [5.41, 5.74) is 2.24. The van der Waals surface area contributed by atoms with E-state index in [1.807, 2.05) is 0 Å². The zero-order valence-electron chi connectivity index (χ0n) is 10.1. The number of hydrazine groups is 1. The number of hydrogen-bond acceptors (Lipinski definition) is 8. The number of aromatic nitrogens is 3. The zero-order valence-corrected chi connectivity index (χ0v) is 12.5. The van der Waals surface area contributed by atoms with Gasteiger partial charge in [-0.25, -0.2) is 24.0 Å². The van der Waals surface area contributed by atoms with E-state index in [2.05, 4.69) is 41.2 Å². The van der Waals surface area contributed by atoms with Gasteiger partial charge in [-0.1, -0.05) is 5.16 Å². The summed E-state index contributed by atoms with van der Waals surface area (Å²) < 4.78 is 32.0. The Morgan fingerprint density at radius 3 is 2.85 bits per heavy atom. The van der Waals surface area contributed by atoms with Gasteiger partial charge in [-0.15, -0.1) is 0 Å². The third kappa shape index (κ3) is 3.50. The molecule has 2 aromatic rings. The first-order valence-electron chi connectivity index (χ1n) is 5.40. The van der Waals surface area contributed by atoms with Crippen molar-refractivity contribution in [2.24, 2.45) is 5.84 Å². The average Bonchev–Trinajstić information content (AvgIpc) is 2.91. The Morgan fingerprint density at radius 2 is 2.20 bits per heavy atom. The molecule has 20 heavy (non-hydrogen) atoms. The van der Waals surface area contributed by atoms with Crippen LogP contribution in [0, 0.1) is 0 Å². The Labute approximate surface area is 123 Å². The molecule has 0 bridgehead atoms. The molecule has 4 N–H and O–H groups in total. The molecule has 0 saturated carbocycles. The second-order valence-corrected chi connectivity index (χ2v) is 6.28. The predicted octanol–water partition coefficient (Wildman–Crippen LogP) is 0.0337. The van der Waals surface area contributed by atoms with E-state index in [9.17, 15) is 8.42 Å². The minimum atomic E-state index is -3.75. The molecule has 0 radical (unpaired) electrons. The molecule has 0 aliphatic rings. The lowest BCUT2D eigenvalue weighted by atomic mass is 10.4. The van der Waals surface area contributed by atoms with E-state index in [1.54, 1.807) is 0 Å². The average molecular weight is 363 g/mol. The van der Waals surface area contributed by atoms with Gasteiger partial charge in [0.2, 0.25) is 15.9 Å². The van der Waals surface area contributed by atoms with Gasteiger partial charge in [-0.3, -0.25) is 0 Å². The Morgan fingerprint density at radius 1 is 1.40 bits per heavy atom. The molecule has 0 atom stereocenters. The molecule has 0 aliphatic heterocycles. The van der Waals surface area contributed by atoms with Gasteiger partial charge in [0.15, 0.2) is 12.1 Å². The van der Waals surface area contributed by atoms with E-state index in [0.29, 0.717) is 10.4 Å². The van der Waals surface area contributed by atoms with E-state index in [-0.39, 0.29) is 23.7 Å². The van der Waals surface area contributed by atoms with Crippen LogP contribution in [0.15, 0.2) is 32.5 Å². The van der Waals surface area contributed by atoms with Crippen LogP contribution in [-0.2, 0) is 16.4 Å². The lowest BCUT2D eigenvalue weighted by molar-refractivity contribution is 0.377. The maximum atomic E-state index is 12.2. The third-order valence-electron chi connectivity index (χ3n) is 2.28. The molecular formula is C9H11BrN6O3S. The number of nitrogens with one attached hydrogen (secondary N) is 2. The number of nitrogens with zero attached hydrogens (tertiary/aromatic N) is 3. The van der Waals surface area contributed by atoms with Crippen molar-refractivity contribution in [3.63, 3.8) is 0 Å². The number of hydrogen-bond donors (Lipinski definition) is 3. The summed E-state index contributed by atoms with van der Waals surface area (Å²) in [4.78, 5) is 7.61. The number of nitrogen functional groups attached to an aromatic ring is 1. The maximum absolute atomic E-state index is 12.2. The van der Waals surface area contributed by atoms with E-state index in [4.69, 9.17) is 10.4 Å².